The summed E-state index contributed by atoms with van der Waals surface area (Å²) in [6, 6.07) is 0. The van der Waals surface area contributed by atoms with E-state index in [1.54, 1.807) is 7.11 Å². The smallest absolute Gasteiger partial charge is 0.126 e. The maximum absolute atomic E-state index is 11.6. The Morgan fingerprint density at radius 2 is 2.17 bits per heavy atom. The summed E-state index contributed by atoms with van der Waals surface area (Å²) in [6.45, 7) is 6.40. The third kappa shape index (κ3) is 2.74. The van der Waals surface area contributed by atoms with Crippen molar-refractivity contribution >= 4 is 6.29 Å². The molecular weight excluding hydrogens is 224 g/mol. The van der Waals surface area contributed by atoms with Gasteiger partial charge in [0, 0.05) is 7.11 Å². The van der Waals surface area contributed by atoms with Crippen LogP contribution in [-0.4, -0.2) is 19.0 Å². The Bertz CT molecular complexity index is 330. The van der Waals surface area contributed by atoms with Crippen LogP contribution in [0.1, 0.15) is 46.5 Å². The highest BCUT2D eigenvalue weighted by Gasteiger charge is 2.43. The van der Waals surface area contributed by atoms with Gasteiger partial charge in [0.05, 0.1) is 5.92 Å². The van der Waals surface area contributed by atoms with E-state index >= 15 is 0 Å². The monoisotopic (exact) mass is 250 g/mol. The molecule has 0 N–H and O–H groups in total. The molecule has 0 bridgehead atoms. The molecule has 0 heterocycles. The molecule has 0 aliphatic heterocycles. The molecule has 3 unspecified atom stereocenters. The second-order valence-electron chi connectivity index (χ2n) is 5.18. The van der Waals surface area contributed by atoms with Crippen molar-refractivity contribution in [1.29, 1.82) is 0 Å². The zero-order valence-corrected chi connectivity index (χ0v) is 12.1. The van der Waals surface area contributed by atoms with Gasteiger partial charge >= 0.3 is 0 Å². The lowest BCUT2D eigenvalue weighted by Crippen LogP contribution is -2.43. The average molecular weight is 250 g/mol. The SMILES string of the molecule is CCCCC(CC)C(C=O)C1(OC)C=CC=C1C. The van der Waals surface area contributed by atoms with Crippen LogP contribution in [0.15, 0.2) is 23.8 Å². The molecule has 0 aromatic heterocycles. The summed E-state index contributed by atoms with van der Waals surface area (Å²) in [6.07, 6.45) is 11.7. The second-order valence-corrected chi connectivity index (χ2v) is 5.18. The molecule has 0 amide bonds. The Labute approximate surface area is 111 Å². The number of methoxy groups -OCH3 is 1. The first-order valence-electron chi connectivity index (χ1n) is 7.03. The number of aldehydes is 1. The minimum absolute atomic E-state index is 0.0750. The summed E-state index contributed by atoms with van der Waals surface area (Å²) < 4.78 is 5.74. The maximum atomic E-state index is 11.6. The van der Waals surface area contributed by atoms with Crippen LogP contribution >= 0.6 is 0 Å². The van der Waals surface area contributed by atoms with Crippen LogP contribution in [0.25, 0.3) is 0 Å². The van der Waals surface area contributed by atoms with Crippen LogP contribution in [-0.2, 0) is 9.53 Å². The lowest BCUT2D eigenvalue weighted by molar-refractivity contribution is -0.120. The molecule has 18 heavy (non-hydrogen) atoms. The van der Waals surface area contributed by atoms with Crippen molar-refractivity contribution in [3.05, 3.63) is 23.8 Å². The third-order valence-corrected chi connectivity index (χ3v) is 4.25. The van der Waals surface area contributed by atoms with Gasteiger partial charge in [-0.3, -0.25) is 0 Å². The van der Waals surface area contributed by atoms with E-state index in [1.165, 1.54) is 12.8 Å². The Morgan fingerprint density at radius 3 is 2.56 bits per heavy atom. The van der Waals surface area contributed by atoms with Crippen molar-refractivity contribution in [2.75, 3.05) is 7.11 Å². The predicted octanol–water partition coefficient (Wildman–Crippen LogP) is 3.92. The molecule has 0 saturated carbocycles. The van der Waals surface area contributed by atoms with Crippen molar-refractivity contribution in [3.8, 4) is 0 Å². The first-order chi connectivity index (χ1) is 8.66. The number of unbranched alkanes of at least 4 members (excludes halogenated alkanes) is 1. The van der Waals surface area contributed by atoms with Crippen molar-refractivity contribution < 1.29 is 9.53 Å². The Balaban J connectivity index is 2.96. The zero-order chi connectivity index (χ0) is 13.6. The first-order valence-corrected chi connectivity index (χ1v) is 7.03. The number of hydrogen-bond donors (Lipinski definition) is 0. The van der Waals surface area contributed by atoms with Gasteiger partial charge < -0.3 is 9.53 Å². The summed E-state index contributed by atoms with van der Waals surface area (Å²) in [5.41, 5.74) is 0.632. The van der Waals surface area contributed by atoms with Crippen LogP contribution in [0.3, 0.4) is 0 Å². The van der Waals surface area contributed by atoms with E-state index in [1.807, 2.05) is 25.2 Å². The van der Waals surface area contributed by atoms with Crippen LogP contribution in [0.2, 0.25) is 0 Å². The number of carbonyl (C=O) groups is 1. The van der Waals surface area contributed by atoms with Gasteiger partial charge in [-0.25, -0.2) is 0 Å². The normalized spacial score (nSPS) is 25.9. The number of carbonyl (C=O) groups excluding carboxylic acids is 1. The van der Waals surface area contributed by atoms with E-state index in [0.717, 1.165) is 24.7 Å². The molecule has 102 valence electrons. The summed E-state index contributed by atoms with van der Waals surface area (Å²) >= 11 is 0. The number of allylic oxidation sites excluding steroid dienone is 2. The van der Waals surface area contributed by atoms with E-state index in [4.69, 9.17) is 4.74 Å². The molecule has 3 atom stereocenters. The highest BCUT2D eigenvalue weighted by molar-refractivity contribution is 5.61. The van der Waals surface area contributed by atoms with Gasteiger partial charge in [0.2, 0.25) is 0 Å². The fraction of sp³-hybridized carbons (Fsp3) is 0.688. The van der Waals surface area contributed by atoms with Gasteiger partial charge in [0.15, 0.2) is 0 Å². The molecule has 0 aromatic rings. The molecular formula is C16H26O2. The minimum Gasteiger partial charge on any atom is -0.369 e. The van der Waals surface area contributed by atoms with E-state index < -0.39 is 5.60 Å². The predicted molar refractivity (Wildman–Crippen MR) is 75.5 cm³/mol. The summed E-state index contributed by atoms with van der Waals surface area (Å²) in [4.78, 5) is 11.6. The number of hydrogen-bond acceptors (Lipinski definition) is 2. The number of rotatable bonds is 8. The van der Waals surface area contributed by atoms with Gasteiger partial charge in [-0.2, -0.15) is 0 Å². The van der Waals surface area contributed by atoms with E-state index in [9.17, 15) is 4.79 Å². The number of ether oxygens (including phenoxy) is 1. The van der Waals surface area contributed by atoms with Gasteiger partial charge in [-0.1, -0.05) is 45.3 Å². The standard InChI is InChI=1S/C16H26O2/c1-5-7-10-14(6-2)15(12-17)16(18-4)11-8-9-13(16)3/h8-9,11-12,14-15H,5-7,10H2,1-4H3. The fourth-order valence-electron chi connectivity index (χ4n) is 3.00. The van der Waals surface area contributed by atoms with Crippen LogP contribution in [0.5, 0.6) is 0 Å². The summed E-state index contributed by atoms with van der Waals surface area (Å²) in [5, 5.41) is 0. The Kier molecular flexibility index (Phi) is 5.80. The quantitative estimate of drug-likeness (QED) is 0.610. The van der Waals surface area contributed by atoms with E-state index in [-0.39, 0.29) is 5.92 Å². The molecule has 0 radical (unpaired) electrons. The molecule has 1 rings (SSSR count). The van der Waals surface area contributed by atoms with Gasteiger partial charge in [-0.05, 0) is 30.9 Å². The van der Waals surface area contributed by atoms with Crippen LogP contribution in [0, 0.1) is 11.8 Å². The van der Waals surface area contributed by atoms with Crippen molar-refractivity contribution in [1.82, 2.24) is 0 Å². The summed E-state index contributed by atoms with van der Waals surface area (Å²) in [7, 11) is 1.70. The summed E-state index contributed by atoms with van der Waals surface area (Å²) in [5.74, 6) is 0.322. The van der Waals surface area contributed by atoms with Crippen molar-refractivity contribution in [2.24, 2.45) is 11.8 Å². The molecule has 1 aliphatic rings. The highest BCUT2D eigenvalue weighted by atomic mass is 16.5. The first kappa shape index (κ1) is 15.2. The Morgan fingerprint density at radius 1 is 1.44 bits per heavy atom. The molecule has 0 aromatic carbocycles. The van der Waals surface area contributed by atoms with Gasteiger partial charge in [-0.15, -0.1) is 0 Å². The largest absolute Gasteiger partial charge is 0.369 e. The molecule has 0 saturated heterocycles. The zero-order valence-electron chi connectivity index (χ0n) is 12.1. The topological polar surface area (TPSA) is 26.3 Å². The fourth-order valence-corrected chi connectivity index (χ4v) is 3.00. The van der Waals surface area contributed by atoms with Gasteiger partial charge in [0.1, 0.15) is 11.9 Å². The lowest BCUT2D eigenvalue weighted by Gasteiger charge is -2.38. The van der Waals surface area contributed by atoms with E-state index in [2.05, 4.69) is 13.8 Å². The lowest BCUT2D eigenvalue weighted by atomic mass is 9.73. The van der Waals surface area contributed by atoms with Crippen LogP contribution in [0.4, 0.5) is 0 Å². The second kappa shape index (κ2) is 6.89. The molecule has 2 nitrogen and oxygen atoms in total. The van der Waals surface area contributed by atoms with Crippen LogP contribution < -0.4 is 0 Å². The van der Waals surface area contributed by atoms with Gasteiger partial charge in [0.25, 0.3) is 0 Å². The maximum Gasteiger partial charge on any atom is 0.126 e. The van der Waals surface area contributed by atoms with Crippen molar-refractivity contribution in [3.63, 3.8) is 0 Å². The van der Waals surface area contributed by atoms with Crippen molar-refractivity contribution in [2.45, 2.75) is 52.1 Å². The molecule has 0 fully saturated rings. The molecule has 0 spiro atoms. The average Bonchev–Trinajstić information content (AvgIpc) is 2.76. The highest BCUT2D eigenvalue weighted by Crippen LogP contribution is 2.40. The third-order valence-electron chi connectivity index (χ3n) is 4.25. The Hall–Kier alpha value is -0.890. The van der Waals surface area contributed by atoms with E-state index in [0.29, 0.717) is 5.92 Å². The molecule has 1 aliphatic carbocycles. The minimum atomic E-state index is -0.504. The molecule has 2 heteroatoms.